The van der Waals surface area contributed by atoms with E-state index in [-0.39, 0.29) is 12.7 Å². The van der Waals surface area contributed by atoms with Crippen molar-refractivity contribution >= 4 is 12.0 Å². The van der Waals surface area contributed by atoms with Gasteiger partial charge >= 0.3 is 0 Å². The molecule has 122 valence electrons. The molecule has 2 heterocycles. The summed E-state index contributed by atoms with van der Waals surface area (Å²) in [7, 11) is 0. The van der Waals surface area contributed by atoms with Crippen LogP contribution in [0.1, 0.15) is 38.2 Å². The van der Waals surface area contributed by atoms with Crippen LogP contribution in [0, 0.1) is 0 Å². The molecule has 1 unspecified atom stereocenters. The minimum absolute atomic E-state index is 0.117. The third-order valence-electron chi connectivity index (χ3n) is 4.42. The molecule has 4 heteroatoms. The predicted molar refractivity (Wildman–Crippen MR) is 90.4 cm³/mol. The number of hydrogen-bond acceptors (Lipinski definition) is 3. The molecule has 1 aromatic rings. The lowest BCUT2D eigenvalue weighted by molar-refractivity contribution is -0.129. The molecule has 1 aromatic carbocycles. The van der Waals surface area contributed by atoms with E-state index < -0.39 is 0 Å². The van der Waals surface area contributed by atoms with Gasteiger partial charge < -0.3 is 14.4 Å². The van der Waals surface area contributed by atoms with Crippen molar-refractivity contribution < 1.29 is 14.3 Å². The van der Waals surface area contributed by atoms with Crippen molar-refractivity contribution in [3.8, 4) is 11.5 Å². The number of carbonyl (C=O) groups is 1. The maximum atomic E-state index is 12.3. The Hall–Kier alpha value is -2.23. The van der Waals surface area contributed by atoms with Gasteiger partial charge in [0.1, 0.15) is 0 Å². The maximum Gasteiger partial charge on any atom is 0.246 e. The van der Waals surface area contributed by atoms with Crippen molar-refractivity contribution in [3.63, 3.8) is 0 Å². The van der Waals surface area contributed by atoms with Crippen molar-refractivity contribution in [2.24, 2.45) is 0 Å². The van der Waals surface area contributed by atoms with Gasteiger partial charge in [-0.15, -0.1) is 0 Å². The second-order valence-electron chi connectivity index (χ2n) is 5.92. The normalized spacial score (nSPS) is 20.6. The summed E-state index contributed by atoms with van der Waals surface area (Å²) in [6.45, 7) is 3.32. The van der Waals surface area contributed by atoms with Gasteiger partial charge in [-0.25, -0.2) is 0 Å². The average molecular weight is 313 g/mol. The largest absolute Gasteiger partial charge is 0.454 e. The summed E-state index contributed by atoms with van der Waals surface area (Å²) in [4.78, 5) is 14.3. The van der Waals surface area contributed by atoms with Crippen LogP contribution in [-0.4, -0.2) is 30.2 Å². The Bertz CT molecular complexity index is 621. The zero-order valence-electron chi connectivity index (χ0n) is 13.5. The van der Waals surface area contributed by atoms with Gasteiger partial charge in [0.05, 0.1) is 0 Å². The molecule has 0 N–H and O–H groups in total. The number of benzene rings is 1. The molecule has 0 aromatic heterocycles. The molecule has 23 heavy (non-hydrogen) atoms. The Labute approximate surface area is 137 Å². The number of allylic oxidation sites excluding steroid dienone is 2. The molecule has 0 bridgehead atoms. The summed E-state index contributed by atoms with van der Waals surface area (Å²) in [5.41, 5.74) is 1.02. The molecule has 2 aliphatic heterocycles. The molecule has 0 aliphatic carbocycles. The predicted octanol–water partition coefficient (Wildman–Crippen LogP) is 3.78. The van der Waals surface area contributed by atoms with E-state index in [2.05, 4.69) is 6.92 Å². The van der Waals surface area contributed by atoms with E-state index in [1.54, 1.807) is 6.08 Å². The van der Waals surface area contributed by atoms with Crippen LogP contribution in [0.25, 0.3) is 6.08 Å². The molecule has 0 spiro atoms. The Morgan fingerprint density at radius 2 is 2.13 bits per heavy atom. The summed E-state index contributed by atoms with van der Waals surface area (Å²) >= 11 is 0. The molecular weight excluding hydrogens is 290 g/mol. The fourth-order valence-corrected chi connectivity index (χ4v) is 3.13. The van der Waals surface area contributed by atoms with Crippen LogP contribution in [0.2, 0.25) is 0 Å². The number of fused-ring (bicyclic) bond motifs is 1. The molecule has 1 fully saturated rings. The van der Waals surface area contributed by atoms with Gasteiger partial charge in [0.15, 0.2) is 11.5 Å². The number of rotatable bonds is 4. The van der Waals surface area contributed by atoms with E-state index in [9.17, 15) is 4.79 Å². The maximum absolute atomic E-state index is 12.3. The number of hydrogen-bond donors (Lipinski definition) is 0. The lowest BCUT2D eigenvalue weighted by Gasteiger charge is -2.34. The summed E-state index contributed by atoms with van der Waals surface area (Å²) < 4.78 is 10.6. The molecule has 1 atom stereocenters. The van der Waals surface area contributed by atoms with Crippen LogP contribution < -0.4 is 9.47 Å². The van der Waals surface area contributed by atoms with Crippen molar-refractivity contribution in [3.05, 3.63) is 42.0 Å². The van der Waals surface area contributed by atoms with Crippen molar-refractivity contribution in [2.75, 3.05) is 13.3 Å². The van der Waals surface area contributed by atoms with E-state index in [0.29, 0.717) is 6.04 Å². The van der Waals surface area contributed by atoms with Crippen LogP contribution in [0.3, 0.4) is 0 Å². The summed E-state index contributed by atoms with van der Waals surface area (Å²) in [5.74, 6) is 1.67. The Balaban J connectivity index is 1.58. The first-order chi connectivity index (χ1) is 11.3. The van der Waals surface area contributed by atoms with Crippen LogP contribution in [0.15, 0.2) is 36.4 Å². The third kappa shape index (κ3) is 3.76. The minimum atomic E-state index is 0.117. The van der Waals surface area contributed by atoms with Gasteiger partial charge in [-0.1, -0.05) is 31.2 Å². The van der Waals surface area contributed by atoms with Crippen LogP contribution >= 0.6 is 0 Å². The van der Waals surface area contributed by atoms with E-state index in [0.717, 1.165) is 42.9 Å². The lowest BCUT2D eigenvalue weighted by Crippen LogP contribution is -2.42. The zero-order valence-corrected chi connectivity index (χ0v) is 13.5. The van der Waals surface area contributed by atoms with E-state index in [4.69, 9.17) is 9.47 Å². The fourth-order valence-electron chi connectivity index (χ4n) is 3.13. The first-order valence-electron chi connectivity index (χ1n) is 8.33. The highest BCUT2D eigenvalue weighted by atomic mass is 16.7. The number of piperidine rings is 1. The molecule has 2 aliphatic rings. The number of amides is 1. The minimum Gasteiger partial charge on any atom is -0.454 e. The first kappa shape index (κ1) is 15.7. The van der Waals surface area contributed by atoms with Gasteiger partial charge in [0.25, 0.3) is 0 Å². The van der Waals surface area contributed by atoms with Gasteiger partial charge in [-0.3, -0.25) is 4.79 Å². The number of likely N-dealkylation sites (tertiary alicyclic amines) is 1. The molecule has 0 saturated carbocycles. The molecule has 1 amide bonds. The highest BCUT2D eigenvalue weighted by molar-refractivity contribution is 5.88. The Morgan fingerprint density at radius 1 is 1.26 bits per heavy atom. The number of nitrogens with zero attached hydrogens (tertiary/aromatic N) is 1. The summed E-state index contributed by atoms with van der Waals surface area (Å²) in [6.07, 6.45) is 11.8. The van der Waals surface area contributed by atoms with Gasteiger partial charge in [-0.2, -0.15) is 0 Å². The van der Waals surface area contributed by atoms with Crippen LogP contribution in [-0.2, 0) is 4.79 Å². The highest BCUT2D eigenvalue weighted by Gasteiger charge is 2.23. The first-order valence-corrected chi connectivity index (χ1v) is 8.33. The number of carbonyl (C=O) groups excluding carboxylic acids is 1. The van der Waals surface area contributed by atoms with Crippen molar-refractivity contribution in [2.45, 2.75) is 38.6 Å². The SMILES string of the molecule is CCC1CCCCN1C(=O)/C=C/C=C/c1ccc2c(c1)OCO2. The molecular formula is C19H23NO3. The van der Waals surface area contributed by atoms with E-state index >= 15 is 0 Å². The van der Waals surface area contributed by atoms with Crippen molar-refractivity contribution in [1.29, 1.82) is 0 Å². The summed E-state index contributed by atoms with van der Waals surface area (Å²) in [5, 5.41) is 0. The quantitative estimate of drug-likeness (QED) is 0.627. The molecule has 4 nitrogen and oxygen atoms in total. The summed E-state index contributed by atoms with van der Waals surface area (Å²) in [6, 6.07) is 6.21. The second-order valence-corrected chi connectivity index (χ2v) is 5.92. The topological polar surface area (TPSA) is 38.8 Å². The lowest BCUT2D eigenvalue weighted by atomic mass is 10.00. The van der Waals surface area contributed by atoms with Gasteiger partial charge in [0.2, 0.25) is 12.7 Å². The molecule has 3 rings (SSSR count). The smallest absolute Gasteiger partial charge is 0.246 e. The molecule has 0 radical (unpaired) electrons. The monoisotopic (exact) mass is 313 g/mol. The van der Waals surface area contributed by atoms with Gasteiger partial charge in [-0.05, 0) is 43.4 Å². The fraction of sp³-hybridized carbons (Fsp3) is 0.421. The van der Waals surface area contributed by atoms with E-state index in [1.807, 2.05) is 41.3 Å². The molecule has 1 saturated heterocycles. The standard InChI is InChI=1S/C19H23NO3/c1-2-16-8-5-6-12-20(16)19(21)9-4-3-7-15-10-11-17-18(13-15)23-14-22-17/h3-4,7,9-11,13,16H,2,5-6,8,12,14H2,1H3/b7-3+,9-4+. The van der Waals surface area contributed by atoms with Crippen LogP contribution in [0.4, 0.5) is 0 Å². The highest BCUT2D eigenvalue weighted by Crippen LogP contribution is 2.32. The van der Waals surface area contributed by atoms with Gasteiger partial charge in [0, 0.05) is 18.7 Å². The van der Waals surface area contributed by atoms with Crippen molar-refractivity contribution in [1.82, 2.24) is 4.90 Å². The second kappa shape index (κ2) is 7.36. The third-order valence-corrected chi connectivity index (χ3v) is 4.42. The zero-order chi connectivity index (χ0) is 16.1. The average Bonchev–Trinajstić information content (AvgIpc) is 3.06. The van der Waals surface area contributed by atoms with E-state index in [1.165, 1.54) is 6.42 Å². The Kier molecular flexibility index (Phi) is 5.01. The van der Waals surface area contributed by atoms with Crippen LogP contribution in [0.5, 0.6) is 11.5 Å². The Morgan fingerprint density at radius 3 is 3.00 bits per heavy atom. The number of ether oxygens (including phenoxy) is 2.